The molecule has 5 nitrogen and oxygen atoms in total. The predicted octanol–water partition coefficient (Wildman–Crippen LogP) is 2.52. The van der Waals surface area contributed by atoms with E-state index in [9.17, 15) is 9.59 Å². The zero-order valence-corrected chi connectivity index (χ0v) is 13.2. The number of carbonyl (C=O) groups is 2. The van der Waals surface area contributed by atoms with Crippen LogP contribution in [0.4, 0.5) is 4.79 Å². The van der Waals surface area contributed by atoms with Crippen molar-refractivity contribution < 1.29 is 19.1 Å². The van der Waals surface area contributed by atoms with E-state index in [0.29, 0.717) is 6.42 Å². The number of alkyl carbamates (subject to hydrolysis) is 1. The first-order valence-corrected chi connectivity index (χ1v) is 6.15. The predicted molar refractivity (Wildman–Crippen MR) is 74.3 cm³/mol. The van der Waals surface area contributed by atoms with Crippen LogP contribution in [0.15, 0.2) is 0 Å². The molecule has 1 N–H and O–H groups in total. The molecule has 1 aliphatic rings. The van der Waals surface area contributed by atoms with E-state index in [1.165, 1.54) is 7.11 Å². The quantitative estimate of drug-likeness (QED) is 0.795. The summed E-state index contributed by atoms with van der Waals surface area (Å²) in [6.07, 6.45) is 0.155. The molecule has 0 unspecified atom stereocenters. The molecule has 0 bridgehead atoms. The monoisotopic (exact) mass is 293 g/mol. The van der Waals surface area contributed by atoms with Gasteiger partial charge in [0, 0.05) is 6.04 Å². The lowest BCUT2D eigenvalue weighted by atomic mass is 9.58. The van der Waals surface area contributed by atoms with E-state index in [2.05, 4.69) is 5.32 Å². The Labute approximate surface area is 120 Å². The molecule has 1 amide bonds. The normalized spacial score (nSPS) is 24.5. The topological polar surface area (TPSA) is 64.6 Å². The second-order valence-electron chi connectivity index (χ2n) is 6.33. The Morgan fingerprint density at radius 1 is 1.26 bits per heavy atom. The van der Waals surface area contributed by atoms with Gasteiger partial charge in [0.25, 0.3) is 0 Å². The summed E-state index contributed by atoms with van der Waals surface area (Å²) >= 11 is 0. The van der Waals surface area contributed by atoms with Crippen molar-refractivity contribution in [2.45, 2.75) is 52.7 Å². The average Bonchev–Trinajstić information content (AvgIpc) is 2.20. The van der Waals surface area contributed by atoms with Crippen LogP contribution >= 0.6 is 12.4 Å². The maximum Gasteiger partial charge on any atom is 0.407 e. The first-order valence-electron chi connectivity index (χ1n) is 6.15. The lowest BCUT2D eigenvalue weighted by molar-refractivity contribution is -0.158. The summed E-state index contributed by atoms with van der Waals surface area (Å²) in [4.78, 5) is 23.1. The van der Waals surface area contributed by atoms with Crippen molar-refractivity contribution in [2.75, 3.05) is 7.11 Å². The van der Waals surface area contributed by atoms with Crippen LogP contribution in [-0.2, 0) is 14.3 Å². The highest BCUT2D eigenvalue weighted by atomic mass is 35.5. The summed E-state index contributed by atoms with van der Waals surface area (Å²) in [6, 6.07) is -0.0588. The molecule has 0 saturated heterocycles. The van der Waals surface area contributed by atoms with Crippen LogP contribution in [0.3, 0.4) is 0 Å². The van der Waals surface area contributed by atoms with E-state index in [-0.39, 0.29) is 35.8 Å². The van der Waals surface area contributed by atoms with E-state index in [1.807, 2.05) is 34.6 Å². The number of nitrogens with one attached hydrogen (secondary N) is 1. The molecular weight excluding hydrogens is 270 g/mol. The third-order valence-corrected chi connectivity index (χ3v) is 3.44. The van der Waals surface area contributed by atoms with E-state index in [0.717, 1.165) is 0 Å². The molecule has 112 valence electrons. The number of carbonyl (C=O) groups excluding carboxylic acids is 2. The zero-order chi connectivity index (χ0) is 14.1. The Morgan fingerprint density at radius 3 is 2.16 bits per heavy atom. The zero-order valence-electron chi connectivity index (χ0n) is 12.4. The summed E-state index contributed by atoms with van der Waals surface area (Å²) in [6.45, 7) is 9.33. The summed E-state index contributed by atoms with van der Waals surface area (Å²) in [5.74, 6) is -0.385. The van der Waals surface area contributed by atoms with Crippen molar-refractivity contribution in [3.63, 3.8) is 0 Å². The van der Waals surface area contributed by atoms with Crippen molar-refractivity contribution in [2.24, 2.45) is 11.3 Å². The Kier molecular flexibility index (Phi) is 5.68. The van der Waals surface area contributed by atoms with Gasteiger partial charge < -0.3 is 14.8 Å². The molecule has 0 radical (unpaired) electrons. The molecule has 2 atom stereocenters. The lowest BCUT2D eigenvalue weighted by Crippen LogP contribution is -2.61. The number of methoxy groups -OCH3 is 1. The maximum absolute atomic E-state index is 11.6. The van der Waals surface area contributed by atoms with Gasteiger partial charge in [-0.2, -0.15) is 0 Å². The number of halogens is 1. The fourth-order valence-electron chi connectivity index (χ4n) is 2.16. The summed E-state index contributed by atoms with van der Waals surface area (Å²) in [7, 11) is 1.38. The van der Waals surface area contributed by atoms with Gasteiger partial charge in [0.05, 0.1) is 13.0 Å². The minimum absolute atomic E-state index is 0. The van der Waals surface area contributed by atoms with Crippen LogP contribution in [0, 0.1) is 11.3 Å². The van der Waals surface area contributed by atoms with Gasteiger partial charge in [-0.25, -0.2) is 4.79 Å². The van der Waals surface area contributed by atoms with Crippen molar-refractivity contribution in [1.82, 2.24) is 5.32 Å². The summed E-state index contributed by atoms with van der Waals surface area (Å²) < 4.78 is 9.93. The van der Waals surface area contributed by atoms with Crippen molar-refractivity contribution >= 4 is 24.5 Å². The van der Waals surface area contributed by atoms with Crippen LogP contribution in [-0.4, -0.2) is 30.8 Å². The molecule has 1 fully saturated rings. The highest BCUT2D eigenvalue weighted by molar-refractivity contribution is 5.85. The van der Waals surface area contributed by atoms with Gasteiger partial charge in [0.1, 0.15) is 5.60 Å². The molecule has 1 aliphatic carbocycles. The fourth-order valence-corrected chi connectivity index (χ4v) is 2.16. The van der Waals surface area contributed by atoms with Crippen LogP contribution in [0.2, 0.25) is 0 Å². The lowest BCUT2D eigenvalue weighted by Gasteiger charge is -2.50. The summed E-state index contributed by atoms with van der Waals surface area (Å²) in [5, 5.41) is 2.80. The number of ether oxygens (including phenoxy) is 2. The van der Waals surface area contributed by atoms with Gasteiger partial charge in [0.15, 0.2) is 0 Å². The second-order valence-corrected chi connectivity index (χ2v) is 6.33. The molecule has 1 rings (SSSR count). The smallest absolute Gasteiger partial charge is 0.407 e. The van der Waals surface area contributed by atoms with Gasteiger partial charge >= 0.3 is 12.1 Å². The highest BCUT2D eigenvalue weighted by Crippen LogP contribution is 2.46. The van der Waals surface area contributed by atoms with E-state index in [1.54, 1.807) is 0 Å². The molecular formula is C13H24ClNO4. The van der Waals surface area contributed by atoms with Crippen LogP contribution < -0.4 is 5.32 Å². The number of rotatable bonds is 2. The third kappa shape index (κ3) is 4.27. The molecule has 0 aromatic carbocycles. The molecule has 0 heterocycles. The average molecular weight is 294 g/mol. The van der Waals surface area contributed by atoms with Gasteiger partial charge in [-0.05, 0) is 32.6 Å². The fraction of sp³-hybridized carbons (Fsp3) is 0.846. The van der Waals surface area contributed by atoms with Crippen molar-refractivity contribution in [3.05, 3.63) is 0 Å². The number of esters is 1. The Hall–Kier alpha value is -0.970. The van der Waals surface area contributed by atoms with Crippen LogP contribution in [0.25, 0.3) is 0 Å². The Morgan fingerprint density at radius 2 is 1.79 bits per heavy atom. The molecule has 0 aliphatic heterocycles. The van der Waals surface area contributed by atoms with Crippen LogP contribution in [0.5, 0.6) is 0 Å². The van der Waals surface area contributed by atoms with Crippen LogP contribution in [0.1, 0.15) is 41.0 Å². The molecule has 6 heteroatoms. The molecule has 1 saturated carbocycles. The maximum atomic E-state index is 11.6. The van der Waals surface area contributed by atoms with Gasteiger partial charge in [-0.1, -0.05) is 13.8 Å². The SMILES string of the molecule is COC(=O)[C@@H]1C[C@H](NC(=O)OC(C)(C)C)C1(C)C.Cl. The third-order valence-electron chi connectivity index (χ3n) is 3.44. The molecule has 0 aromatic heterocycles. The van der Waals surface area contributed by atoms with Gasteiger partial charge in [-0.3, -0.25) is 4.79 Å². The molecule has 0 aromatic rings. The summed E-state index contributed by atoms with van der Waals surface area (Å²) in [5.41, 5.74) is -0.816. The van der Waals surface area contributed by atoms with E-state index in [4.69, 9.17) is 9.47 Å². The van der Waals surface area contributed by atoms with Gasteiger partial charge in [0.2, 0.25) is 0 Å². The molecule has 0 spiro atoms. The van der Waals surface area contributed by atoms with Gasteiger partial charge in [-0.15, -0.1) is 12.4 Å². The number of hydrogen-bond donors (Lipinski definition) is 1. The Bertz CT molecular complexity index is 349. The standard InChI is InChI=1S/C13H23NO4.ClH/c1-12(2,3)18-11(16)14-9-7-8(10(15)17-6)13(9,4)5;/h8-9H,7H2,1-6H3,(H,14,16);1H/t8-,9-;/m0./s1. The largest absolute Gasteiger partial charge is 0.469 e. The van der Waals surface area contributed by atoms with E-state index < -0.39 is 11.7 Å². The highest BCUT2D eigenvalue weighted by Gasteiger charge is 2.53. The molecule has 19 heavy (non-hydrogen) atoms. The second kappa shape index (κ2) is 5.99. The first kappa shape index (κ1) is 18.0. The minimum atomic E-state index is -0.514. The van der Waals surface area contributed by atoms with Crippen molar-refractivity contribution in [1.29, 1.82) is 0 Å². The Balaban J connectivity index is 0.00000324. The number of hydrogen-bond acceptors (Lipinski definition) is 4. The minimum Gasteiger partial charge on any atom is -0.469 e. The van der Waals surface area contributed by atoms with E-state index >= 15 is 0 Å². The van der Waals surface area contributed by atoms with Crippen molar-refractivity contribution in [3.8, 4) is 0 Å². The number of amides is 1. The first-order chi connectivity index (χ1) is 8.08.